The SMILES string of the molecule is CCC(C)(CC(=O)O)NC(=O)CCC(C)C. The predicted octanol–water partition coefficient (Wildman–Crippen LogP) is 2.18. The number of aliphatic carboxylic acids is 1. The van der Waals surface area contributed by atoms with Crippen molar-refractivity contribution in [2.45, 2.75) is 58.9 Å². The molecule has 0 saturated carbocycles. The van der Waals surface area contributed by atoms with Crippen molar-refractivity contribution in [1.29, 1.82) is 0 Å². The smallest absolute Gasteiger partial charge is 0.305 e. The summed E-state index contributed by atoms with van der Waals surface area (Å²) >= 11 is 0. The number of hydrogen-bond acceptors (Lipinski definition) is 2. The first kappa shape index (κ1) is 14.9. The van der Waals surface area contributed by atoms with Gasteiger partial charge in [0.15, 0.2) is 0 Å². The lowest BCUT2D eigenvalue weighted by molar-refractivity contribution is -0.139. The highest BCUT2D eigenvalue weighted by atomic mass is 16.4. The van der Waals surface area contributed by atoms with E-state index in [0.29, 0.717) is 18.8 Å². The Bertz CT molecular complexity index is 251. The molecule has 0 aromatic heterocycles. The second-order valence-corrected chi connectivity index (χ2v) is 4.97. The fourth-order valence-electron chi connectivity index (χ4n) is 1.41. The van der Waals surface area contributed by atoms with Gasteiger partial charge in [0.2, 0.25) is 5.91 Å². The zero-order valence-electron chi connectivity index (χ0n) is 10.7. The molecule has 1 amide bonds. The van der Waals surface area contributed by atoms with Crippen LogP contribution in [0.15, 0.2) is 0 Å². The van der Waals surface area contributed by atoms with E-state index < -0.39 is 11.5 Å². The van der Waals surface area contributed by atoms with Crippen molar-refractivity contribution >= 4 is 11.9 Å². The average Bonchev–Trinajstić information content (AvgIpc) is 2.13. The Morgan fingerprint density at radius 3 is 2.31 bits per heavy atom. The van der Waals surface area contributed by atoms with Crippen LogP contribution in [0.4, 0.5) is 0 Å². The third-order valence-corrected chi connectivity index (χ3v) is 2.71. The Balaban J connectivity index is 4.20. The van der Waals surface area contributed by atoms with Gasteiger partial charge in [0.1, 0.15) is 0 Å². The minimum absolute atomic E-state index is 0.0308. The molecule has 94 valence electrons. The van der Waals surface area contributed by atoms with Crippen LogP contribution in [-0.4, -0.2) is 22.5 Å². The maximum atomic E-state index is 11.6. The van der Waals surface area contributed by atoms with Gasteiger partial charge in [-0.15, -0.1) is 0 Å². The summed E-state index contributed by atoms with van der Waals surface area (Å²) in [6, 6.07) is 0. The Kier molecular flexibility index (Phi) is 6.08. The summed E-state index contributed by atoms with van der Waals surface area (Å²) in [6.07, 6.45) is 1.88. The van der Waals surface area contributed by atoms with E-state index in [1.54, 1.807) is 6.92 Å². The number of carbonyl (C=O) groups is 2. The maximum Gasteiger partial charge on any atom is 0.305 e. The van der Waals surface area contributed by atoms with Gasteiger partial charge < -0.3 is 10.4 Å². The van der Waals surface area contributed by atoms with Gasteiger partial charge in [-0.25, -0.2) is 0 Å². The van der Waals surface area contributed by atoms with Crippen LogP contribution in [0.25, 0.3) is 0 Å². The molecule has 0 rings (SSSR count). The minimum atomic E-state index is -0.881. The first-order valence-electron chi connectivity index (χ1n) is 5.82. The Morgan fingerprint density at radius 1 is 1.38 bits per heavy atom. The zero-order valence-corrected chi connectivity index (χ0v) is 10.7. The quantitative estimate of drug-likeness (QED) is 0.703. The van der Waals surface area contributed by atoms with E-state index in [9.17, 15) is 9.59 Å². The normalized spacial score (nSPS) is 14.6. The van der Waals surface area contributed by atoms with Crippen molar-refractivity contribution in [1.82, 2.24) is 5.32 Å². The van der Waals surface area contributed by atoms with Crippen LogP contribution in [0, 0.1) is 5.92 Å². The summed E-state index contributed by atoms with van der Waals surface area (Å²) in [6.45, 7) is 7.77. The number of amides is 1. The molecule has 0 aliphatic heterocycles. The molecule has 0 radical (unpaired) electrons. The number of rotatable bonds is 7. The third kappa shape index (κ3) is 6.43. The van der Waals surface area contributed by atoms with Crippen LogP contribution < -0.4 is 5.32 Å². The van der Waals surface area contributed by atoms with Crippen LogP contribution in [-0.2, 0) is 9.59 Å². The van der Waals surface area contributed by atoms with Crippen LogP contribution in [0.5, 0.6) is 0 Å². The van der Waals surface area contributed by atoms with E-state index in [1.807, 2.05) is 6.92 Å². The van der Waals surface area contributed by atoms with E-state index in [1.165, 1.54) is 0 Å². The molecule has 0 aliphatic carbocycles. The van der Waals surface area contributed by atoms with Crippen molar-refractivity contribution in [3.63, 3.8) is 0 Å². The number of carboxylic acids is 1. The van der Waals surface area contributed by atoms with Crippen molar-refractivity contribution in [2.24, 2.45) is 5.92 Å². The van der Waals surface area contributed by atoms with Gasteiger partial charge >= 0.3 is 5.97 Å². The molecule has 0 aromatic rings. The van der Waals surface area contributed by atoms with Crippen LogP contribution in [0.1, 0.15) is 53.4 Å². The monoisotopic (exact) mass is 229 g/mol. The Morgan fingerprint density at radius 2 is 1.94 bits per heavy atom. The van der Waals surface area contributed by atoms with E-state index >= 15 is 0 Å². The predicted molar refractivity (Wildman–Crippen MR) is 63.2 cm³/mol. The Labute approximate surface area is 97.4 Å². The highest BCUT2D eigenvalue weighted by Crippen LogP contribution is 2.15. The number of carbonyl (C=O) groups excluding carboxylic acids is 1. The first-order chi connectivity index (χ1) is 7.29. The van der Waals surface area contributed by atoms with Gasteiger partial charge in [0.25, 0.3) is 0 Å². The molecular formula is C12H23NO3. The standard InChI is InChI=1S/C12H23NO3/c1-5-12(4,8-11(15)16)13-10(14)7-6-9(2)3/h9H,5-8H2,1-4H3,(H,13,14)(H,15,16). The van der Waals surface area contributed by atoms with Crippen LogP contribution >= 0.6 is 0 Å². The van der Waals surface area contributed by atoms with Gasteiger partial charge in [-0.2, -0.15) is 0 Å². The number of hydrogen-bond donors (Lipinski definition) is 2. The molecule has 4 heteroatoms. The largest absolute Gasteiger partial charge is 0.481 e. The summed E-state index contributed by atoms with van der Waals surface area (Å²) in [5.74, 6) is -0.453. The summed E-state index contributed by atoms with van der Waals surface area (Å²) in [7, 11) is 0. The first-order valence-corrected chi connectivity index (χ1v) is 5.82. The van der Waals surface area contributed by atoms with E-state index in [-0.39, 0.29) is 12.3 Å². The molecule has 1 unspecified atom stereocenters. The highest BCUT2D eigenvalue weighted by Gasteiger charge is 2.27. The topological polar surface area (TPSA) is 66.4 Å². The summed E-state index contributed by atoms with van der Waals surface area (Å²) in [5, 5.41) is 11.6. The lowest BCUT2D eigenvalue weighted by atomic mass is 9.94. The van der Waals surface area contributed by atoms with Crippen LogP contribution in [0.3, 0.4) is 0 Å². The summed E-state index contributed by atoms with van der Waals surface area (Å²) in [5.41, 5.74) is -0.625. The fourth-order valence-corrected chi connectivity index (χ4v) is 1.41. The Hall–Kier alpha value is -1.06. The minimum Gasteiger partial charge on any atom is -0.481 e. The van der Waals surface area contributed by atoms with E-state index in [0.717, 1.165) is 6.42 Å². The van der Waals surface area contributed by atoms with Crippen molar-refractivity contribution in [2.75, 3.05) is 0 Å². The molecule has 0 fully saturated rings. The maximum absolute atomic E-state index is 11.6. The van der Waals surface area contributed by atoms with Crippen LogP contribution in [0.2, 0.25) is 0 Å². The molecule has 0 aliphatic rings. The molecule has 0 aromatic carbocycles. The second-order valence-electron chi connectivity index (χ2n) is 4.97. The molecule has 2 N–H and O–H groups in total. The third-order valence-electron chi connectivity index (χ3n) is 2.71. The molecule has 0 saturated heterocycles. The summed E-state index contributed by atoms with van der Waals surface area (Å²) < 4.78 is 0. The lowest BCUT2D eigenvalue weighted by Gasteiger charge is -2.28. The van der Waals surface area contributed by atoms with Crippen molar-refractivity contribution < 1.29 is 14.7 Å². The molecule has 16 heavy (non-hydrogen) atoms. The molecule has 4 nitrogen and oxygen atoms in total. The second kappa shape index (κ2) is 6.51. The molecule has 0 spiro atoms. The molecule has 1 atom stereocenters. The average molecular weight is 229 g/mol. The zero-order chi connectivity index (χ0) is 12.8. The number of nitrogens with one attached hydrogen (secondary N) is 1. The number of carboxylic acid groups (broad SMARTS) is 1. The van der Waals surface area contributed by atoms with Gasteiger partial charge in [-0.05, 0) is 25.7 Å². The van der Waals surface area contributed by atoms with E-state index in [2.05, 4.69) is 19.2 Å². The molecular weight excluding hydrogens is 206 g/mol. The highest BCUT2D eigenvalue weighted by molar-refractivity contribution is 5.78. The lowest BCUT2D eigenvalue weighted by Crippen LogP contribution is -2.47. The van der Waals surface area contributed by atoms with Gasteiger partial charge in [0.05, 0.1) is 6.42 Å². The molecule has 0 bridgehead atoms. The fraction of sp³-hybridized carbons (Fsp3) is 0.833. The van der Waals surface area contributed by atoms with E-state index in [4.69, 9.17) is 5.11 Å². The van der Waals surface area contributed by atoms with Crippen molar-refractivity contribution in [3.05, 3.63) is 0 Å². The van der Waals surface area contributed by atoms with Gasteiger partial charge in [0, 0.05) is 12.0 Å². The van der Waals surface area contributed by atoms with Gasteiger partial charge in [-0.3, -0.25) is 9.59 Å². The van der Waals surface area contributed by atoms with Crippen molar-refractivity contribution in [3.8, 4) is 0 Å². The summed E-state index contributed by atoms with van der Waals surface area (Å²) in [4.78, 5) is 22.3. The molecule has 0 heterocycles. The van der Waals surface area contributed by atoms with Gasteiger partial charge in [-0.1, -0.05) is 20.8 Å².